The van der Waals surface area contributed by atoms with Crippen molar-refractivity contribution >= 4 is 5.97 Å². The Hall–Kier alpha value is -1.35. The van der Waals surface area contributed by atoms with Crippen molar-refractivity contribution in [1.29, 1.82) is 0 Å². The van der Waals surface area contributed by atoms with Crippen molar-refractivity contribution in [3.05, 3.63) is 35.9 Å². The first-order valence-corrected chi connectivity index (χ1v) is 8.64. The molecule has 3 atom stereocenters. The van der Waals surface area contributed by atoms with E-state index < -0.39 is 5.97 Å². The zero-order chi connectivity index (χ0) is 15.5. The summed E-state index contributed by atoms with van der Waals surface area (Å²) in [5.74, 6) is 1.05. The minimum absolute atomic E-state index is 0.133. The van der Waals surface area contributed by atoms with Gasteiger partial charge in [-0.2, -0.15) is 0 Å². The van der Waals surface area contributed by atoms with Gasteiger partial charge in [0.1, 0.15) is 0 Å². The van der Waals surface area contributed by atoms with Gasteiger partial charge in [-0.1, -0.05) is 37.3 Å². The molecule has 3 heteroatoms. The number of rotatable bonds is 5. The zero-order valence-corrected chi connectivity index (χ0v) is 13.4. The number of carboxylic acids is 1. The molecule has 1 saturated heterocycles. The lowest BCUT2D eigenvalue weighted by atomic mass is 9.68. The van der Waals surface area contributed by atoms with Gasteiger partial charge in [0, 0.05) is 19.6 Å². The summed E-state index contributed by atoms with van der Waals surface area (Å²) in [7, 11) is 0. The van der Waals surface area contributed by atoms with Crippen LogP contribution < -0.4 is 0 Å². The quantitative estimate of drug-likeness (QED) is 0.902. The van der Waals surface area contributed by atoms with E-state index in [1.807, 2.05) is 6.92 Å². The lowest BCUT2D eigenvalue weighted by Crippen LogP contribution is -2.45. The standard InChI is InChI=1S/C19H27NO2/c1-2-18(19(21)22)17-9-15-8-16(10-17)13-20(12-15)11-14-6-4-3-5-7-14/h3-7,15-18H,2,8-13H2,1H3,(H,21,22). The van der Waals surface area contributed by atoms with Crippen LogP contribution in [0.5, 0.6) is 0 Å². The summed E-state index contributed by atoms with van der Waals surface area (Å²) in [4.78, 5) is 14.0. The highest BCUT2D eigenvalue weighted by Gasteiger charge is 2.39. The largest absolute Gasteiger partial charge is 0.481 e. The van der Waals surface area contributed by atoms with E-state index in [0.717, 1.165) is 38.9 Å². The number of piperidine rings is 1. The van der Waals surface area contributed by atoms with E-state index in [1.54, 1.807) is 0 Å². The van der Waals surface area contributed by atoms with E-state index >= 15 is 0 Å². The zero-order valence-electron chi connectivity index (χ0n) is 13.4. The van der Waals surface area contributed by atoms with Gasteiger partial charge in [-0.15, -0.1) is 0 Å². The van der Waals surface area contributed by atoms with Crippen LogP contribution in [0.1, 0.15) is 38.2 Å². The summed E-state index contributed by atoms with van der Waals surface area (Å²) in [6, 6.07) is 10.7. The Balaban J connectivity index is 1.61. The third-order valence-electron chi connectivity index (χ3n) is 5.55. The maximum absolute atomic E-state index is 11.4. The van der Waals surface area contributed by atoms with Crippen molar-refractivity contribution in [2.45, 2.75) is 39.2 Å². The van der Waals surface area contributed by atoms with E-state index in [-0.39, 0.29) is 5.92 Å². The predicted octanol–water partition coefficient (Wildman–Crippen LogP) is 3.65. The molecule has 120 valence electrons. The number of likely N-dealkylation sites (tertiary alicyclic amines) is 1. The van der Waals surface area contributed by atoms with Gasteiger partial charge in [0.05, 0.1) is 5.92 Å². The molecular weight excluding hydrogens is 274 g/mol. The molecule has 2 bridgehead atoms. The Morgan fingerprint density at radius 2 is 1.82 bits per heavy atom. The number of carboxylic acid groups (broad SMARTS) is 1. The van der Waals surface area contributed by atoms with Crippen molar-refractivity contribution in [2.24, 2.45) is 23.7 Å². The smallest absolute Gasteiger partial charge is 0.306 e. The van der Waals surface area contributed by atoms with Gasteiger partial charge in [-0.3, -0.25) is 9.69 Å². The van der Waals surface area contributed by atoms with Crippen LogP contribution in [0.15, 0.2) is 30.3 Å². The maximum Gasteiger partial charge on any atom is 0.306 e. The van der Waals surface area contributed by atoms with E-state index in [1.165, 1.54) is 12.0 Å². The minimum Gasteiger partial charge on any atom is -0.481 e. The summed E-state index contributed by atoms with van der Waals surface area (Å²) in [5.41, 5.74) is 1.39. The van der Waals surface area contributed by atoms with Crippen molar-refractivity contribution in [3.8, 4) is 0 Å². The maximum atomic E-state index is 11.4. The van der Waals surface area contributed by atoms with E-state index in [4.69, 9.17) is 0 Å². The molecule has 1 aromatic carbocycles. The van der Waals surface area contributed by atoms with Crippen LogP contribution in [0.25, 0.3) is 0 Å². The second-order valence-electron chi connectivity index (χ2n) is 7.23. The third-order valence-corrected chi connectivity index (χ3v) is 5.55. The molecule has 0 amide bonds. The normalized spacial score (nSPS) is 30.0. The average Bonchev–Trinajstić information content (AvgIpc) is 2.47. The Bertz CT molecular complexity index is 487. The lowest BCUT2D eigenvalue weighted by Gasteiger charge is -2.45. The molecular formula is C19H27NO2. The van der Waals surface area contributed by atoms with Gasteiger partial charge in [0.2, 0.25) is 0 Å². The van der Waals surface area contributed by atoms with Crippen molar-refractivity contribution in [3.63, 3.8) is 0 Å². The molecule has 0 radical (unpaired) electrons. The summed E-state index contributed by atoms with van der Waals surface area (Å²) in [5, 5.41) is 9.43. The number of carbonyl (C=O) groups is 1. The molecule has 3 rings (SSSR count). The van der Waals surface area contributed by atoms with E-state index in [9.17, 15) is 9.90 Å². The van der Waals surface area contributed by atoms with Gasteiger partial charge < -0.3 is 5.11 Å². The Labute approximate surface area is 133 Å². The van der Waals surface area contributed by atoms with Crippen LogP contribution in [-0.2, 0) is 11.3 Å². The van der Waals surface area contributed by atoms with Crippen LogP contribution in [0.3, 0.4) is 0 Å². The lowest BCUT2D eigenvalue weighted by molar-refractivity contribution is -0.145. The molecule has 1 aliphatic carbocycles. The van der Waals surface area contributed by atoms with Gasteiger partial charge in [-0.05, 0) is 49.0 Å². The van der Waals surface area contributed by atoms with Gasteiger partial charge in [0.15, 0.2) is 0 Å². The SMILES string of the molecule is CCC(C(=O)O)C1CC2CC(C1)CN(Cc1ccccc1)C2. The second-order valence-corrected chi connectivity index (χ2v) is 7.23. The van der Waals surface area contributed by atoms with E-state index in [0.29, 0.717) is 17.8 Å². The molecule has 1 aromatic rings. The molecule has 3 unspecified atom stereocenters. The highest BCUT2D eigenvalue weighted by molar-refractivity contribution is 5.70. The van der Waals surface area contributed by atoms with Gasteiger partial charge in [-0.25, -0.2) is 0 Å². The molecule has 3 nitrogen and oxygen atoms in total. The molecule has 1 N–H and O–H groups in total. The summed E-state index contributed by atoms with van der Waals surface area (Å²) in [6.45, 7) is 5.33. The molecule has 22 heavy (non-hydrogen) atoms. The molecule has 1 aliphatic heterocycles. The molecule has 0 aromatic heterocycles. The fourth-order valence-corrected chi connectivity index (χ4v) is 4.73. The first kappa shape index (κ1) is 15.5. The van der Waals surface area contributed by atoms with Crippen molar-refractivity contribution < 1.29 is 9.90 Å². The monoisotopic (exact) mass is 301 g/mol. The Morgan fingerprint density at radius 3 is 2.36 bits per heavy atom. The number of fused-ring (bicyclic) bond motifs is 2. The van der Waals surface area contributed by atoms with Gasteiger partial charge in [0.25, 0.3) is 0 Å². The third kappa shape index (κ3) is 3.52. The first-order chi connectivity index (χ1) is 10.7. The first-order valence-electron chi connectivity index (χ1n) is 8.64. The Kier molecular flexibility index (Phi) is 4.82. The highest BCUT2D eigenvalue weighted by Crippen LogP contribution is 2.42. The Morgan fingerprint density at radius 1 is 1.18 bits per heavy atom. The fourth-order valence-electron chi connectivity index (χ4n) is 4.73. The summed E-state index contributed by atoms with van der Waals surface area (Å²) in [6.07, 6.45) is 4.28. The van der Waals surface area contributed by atoms with Crippen LogP contribution in [-0.4, -0.2) is 29.1 Å². The van der Waals surface area contributed by atoms with Gasteiger partial charge >= 0.3 is 5.97 Å². The summed E-state index contributed by atoms with van der Waals surface area (Å²) < 4.78 is 0. The number of hydrogen-bond donors (Lipinski definition) is 1. The predicted molar refractivity (Wildman–Crippen MR) is 87.5 cm³/mol. The molecule has 2 fully saturated rings. The summed E-state index contributed by atoms with van der Waals surface area (Å²) >= 11 is 0. The van der Waals surface area contributed by atoms with Crippen LogP contribution in [0, 0.1) is 23.7 Å². The van der Waals surface area contributed by atoms with Crippen LogP contribution >= 0.6 is 0 Å². The minimum atomic E-state index is -0.589. The van der Waals surface area contributed by atoms with Crippen molar-refractivity contribution in [2.75, 3.05) is 13.1 Å². The van der Waals surface area contributed by atoms with E-state index in [2.05, 4.69) is 35.2 Å². The topological polar surface area (TPSA) is 40.5 Å². The van der Waals surface area contributed by atoms with Crippen LogP contribution in [0.2, 0.25) is 0 Å². The second kappa shape index (κ2) is 6.82. The molecule has 0 spiro atoms. The number of benzene rings is 1. The number of nitrogens with zero attached hydrogens (tertiary/aromatic N) is 1. The average molecular weight is 301 g/mol. The van der Waals surface area contributed by atoms with Crippen molar-refractivity contribution in [1.82, 2.24) is 4.90 Å². The number of hydrogen-bond acceptors (Lipinski definition) is 2. The fraction of sp³-hybridized carbons (Fsp3) is 0.632. The molecule has 1 saturated carbocycles. The highest BCUT2D eigenvalue weighted by atomic mass is 16.4. The van der Waals surface area contributed by atoms with Crippen LogP contribution in [0.4, 0.5) is 0 Å². The number of aliphatic carboxylic acids is 1. The molecule has 1 heterocycles. The molecule has 2 aliphatic rings.